The lowest BCUT2D eigenvalue weighted by atomic mass is 10.0. The van der Waals surface area contributed by atoms with Crippen molar-refractivity contribution >= 4 is 11.9 Å². The molecule has 0 saturated carbocycles. The number of benzene rings is 2. The predicted molar refractivity (Wildman–Crippen MR) is 99.8 cm³/mol. The molecule has 5 heteroatoms. The topological polar surface area (TPSA) is 64.6 Å². The molecule has 0 heterocycles. The number of aryl methyl sites for hydroxylation is 2. The average Bonchev–Trinajstić information content (AvgIpc) is 2.65. The van der Waals surface area contributed by atoms with Gasteiger partial charge in [-0.25, -0.2) is 4.79 Å². The number of rotatable bonds is 7. The number of carbonyl (C=O) groups is 2. The van der Waals surface area contributed by atoms with Crippen LogP contribution in [0.5, 0.6) is 0 Å². The van der Waals surface area contributed by atoms with E-state index >= 15 is 0 Å². The van der Waals surface area contributed by atoms with Gasteiger partial charge in [0.05, 0.1) is 7.11 Å². The van der Waals surface area contributed by atoms with Crippen LogP contribution >= 0.6 is 0 Å². The second kappa shape index (κ2) is 9.15. The van der Waals surface area contributed by atoms with Crippen LogP contribution in [0.3, 0.4) is 0 Å². The molecule has 0 aliphatic carbocycles. The Morgan fingerprint density at radius 2 is 1.69 bits per heavy atom. The van der Waals surface area contributed by atoms with Crippen molar-refractivity contribution < 1.29 is 19.1 Å². The molecule has 0 spiro atoms. The molecule has 2 aromatic rings. The number of hydrogen-bond acceptors (Lipinski definition) is 4. The van der Waals surface area contributed by atoms with Gasteiger partial charge in [0.2, 0.25) is 0 Å². The van der Waals surface area contributed by atoms with Crippen LogP contribution in [0.15, 0.2) is 48.5 Å². The van der Waals surface area contributed by atoms with Gasteiger partial charge in [0, 0.05) is 13.5 Å². The third-order valence-corrected chi connectivity index (χ3v) is 4.39. The first-order chi connectivity index (χ1) is 12.5. The minimum atomic E-state index is -0.789. The summed E-state index contributed by atoms with van der Waals surface area (Å²) >= 11 is 0. The Hall–Kier alpha value is -2.66. The van der Waals surface area contributed by atoms with E-state index in [9.17, 15) is 9.59 Å². The molecule has 138 valence electrons. The lowest BCUT2D eigenvalue weighted by Crippen LogP contribution is -2.45. The normalized spacial score (nSPS) is 12.9. The van der Waals surface area contributed by atoms with Gasteiger partial charge >= 0.3 is 5.97 Å². The highest BCUT2D eigenvalue weighted by molar-refractivity contribution is 5.87. The third-order valence-electron chi connectivity index (χ3n) is 4.39. The fourth-order valence-electron chi connectivity index (χ4n) is 2.77. The van der Waals surface area contributed by atoms with Gasteiger partial charge in [0.1, 0.15) is 6.04 Å². The summed E-state index contributed by atoms with van der Waals surface area (Å²) in [5, 5.41) is 2.76. The van der Waals surface area contributed by atoms with Gasteiger partial charge in [-0.05, 0) is 36.1 Å². The zero-order valence-corrected chi connectivity index (χ0v) is 15.6. The zero-order valence-electron chi connectivity index (χ0n) is 15.6. The molecule has 2 aromatic carbocycles. The van der Waals surface area contributed by atoms with Crippen LogP contribution < -0.4 is 5.32 Å². The Balaban J connectivity index is 2.17. The van der Waals surface area contributed by atoms with E-state index in [1.54, 1.807) is 0 Å². The molecule has 1 N–H and O–H groups in total. The number of ether oxygens (including phenoxy) is 2. The van der Waals surface area contributed by atoms with Crippen LogP contribution in [-0.4, -0.2) is 32.1 Å². The maximum atomic E-state index is 12.7. The molecule has 26 heavy (non-hydrogen) atoms. The van der Waals surface area contributed by atoms with Crippen LogP contribution in [0.4, 0.5) is 0 Å². The lowest BCUT2D eigenvalue weighted by Gasteiger charge is -2.21. The Bertz CT molecular complexity index is 758. The van der Waals surface area contributed by atoms with Crippen molar-refractivity contribution in [2.45, 2.75) is 32.4 Å². The van der Waals surface area contributed by atoms with E-state index in [4.69, 9.17) is 9.47 Å². The largest absolute Gasteiger partial charge is 0.467 e. The molecule has 0 fully saturated rings. The maximum absolute atomic E-state index is 12.7. The smallest absolute Gasteiger partial charge is 0.328 e. The first-order valence-electron chi connectivity index (χ1n) is 8.48. The Morgan fingerprint density at radius 3 is 2.27 bits per heavy atom. The van der Waals surface area contributed by atoms with Crippen molar-refractivity contribution in [2.75, 3.05) is 14.2 Å². The average molecular weight is 355 g/mol. The molecule has 0 aliphatic rings. The van der Waals surface area contributed by atoms with E-state index in [1.807, 2.05) is 62.4 Å². The molecule has 2 atom stereocenters. The predicted octanol–water partition coefficient (Wildman–Crippen LogP) is 2.89. The van der Waals surface area contributed by atoms with Crippen molar-refractivity contribution in [3.63, 3.8) is 0 Å². The fourth-order valence-corrected chi connectivity index (χ4v) is 2.77. The number of amides is 1. The Labute approximate surface area is 154 Å². The molecule has 0 saturated heterocycles. The third kappa shape index (κ3) is 4.92. The van der Waals surface area contributed by atoms with E-state index in [1.165, 1.54) is 19.8 Å². The number of methoxy groups -OCH3 is 2. The van der Waals surface area contributed by atoms with Crippen molar-refractivity contribution in [3.05, 3.63) is 70.8 Å². The summed E-state index contributed by atoms with van der Waals surface area (Å²) in [6.45, 7) is 4.04. The first kappa shape index (κ1) is 19.7. The van der Waals surface area contributed by atoms with Crippen molar-refractivity contribution in [3.8, 4) is 0 Å². The summed E-state index contributed by atoms with van der Waals surface area (Å²) < 4.78 is 10.2. The summed E-state index contributed by atoms with van der Waals surface area (Å²) in [5.41, 5.74) is 3.99. The van der Waals surface area contributed by atoms with E-state index < -0.39 is 18.1 Å². The monoisotopic (exact) mass is 355 g/mol. The standard InChI is InChI=1S/C21H25NO4/c1-14-10-11-16(12-15(14)2)13-18(21(24)26-4)22-20(23)19(25-3)17-8-6-5-7-9-17/h5-12,18-19H,13H2,1-4H3,(H,22,23)/t18-,19-/m0/s1. The quantitative estimate of drug-likeness (QED) is 0.776. The highest BCUT2D eigenvalue weighted by Crippen LogP contribution is 2.17. The molecule has 0 radical (unpaired) electrons. The molecule has 0 unspecified atom stereocenters. The van der Waals surface area contributed by atoms with Gasteiger partial charge in [0.25, 0.3) is 5.91 Å². The molecule has 2 rings (SSSR count). The molecule has 0 bridgehead atoms. The van der Waals surface area contributed by atoms with E-state index in [0.717, 1.165) is 16.7 Å². The minimum Gasteiger partial charge on any atom is -0.467 e. The van der Waals surface area contributed by atoms with E-state index in [-0.39, 0.29) is 5.91 Å². The molecular weight excluding hydrogens is 330 g/mol. The fraction of sp³-hybridized carbons (Fsp3) is 0.333. The number of carbonyl (C=O) groups excluding carboxylic acids is 2. The minimum absolute atomic E-state index is 0.352. The summed E-state index contributed by atoms with van der Waals surface area (Å²) in [4.78, 5) is 24.8. The Morgan fingerprint density at radius 1 is 1.00 bits per heavy atom. The highest BCUT2D eigenvalue weighted by atomic mass is 16.5. The van der Waals surface area contributed by atoms with E-state index in [0.29, 0.717) is 6.42 Å². The SMILES string of the molecule is COC(=O)[C@H](Cc1ccc(C)c(C)c1)NC(=O)[C@@H](OC)c1ccccc1. The zero-order chi connectivity index (χ0) is 19.1. The highest BCUT2D eigenvalue weighted by Gasteiger charge is 2.27. The van der Waals surface area contributed by atoms with Crippen molar-refractivity contribution in [2.24, 2.45) is 0 Å². The summed E-state index contributed by atoms with van der Waals surface area (Å²) in [7, 11) is 2.78. The van der Waals surface area contributed by atoms with Gasteiger partial charge in [0.15, 0.2) is 6.10 Å². The Kier molecular flexibility index (Phi) is 6.92. The van der Waals surface area contributed by atoms with Crippen molar-refractivity contribution in [1.82, 2.24) is 5.32 Å². The van der Waals surface area contributed by atoms with Gasteiger partial charge in [-0.2, -0.15) is 0 Å². The molecule has 5 nitrogen and oxygen atoms in total. The van der Waals surface area contributed by atoms with Gasteiger partial charge in [-0.3, -0.25) is 4.79 Å². The van der Waals surface area contributed by atoms with Crippen LogP contribution in [0.25, 0.3) is 0 Å². The summed E-state index contributed by atoms with van der Waals surface area (Å²) in [5.74, 6) is -0.863. The number of nitrogens with one attached hydrogen (secondary N) is 1. The lowest BCUT2D eigenvalue weighted by molar-refractivity contribution is -0.146. The van der Waals surface area contributed by atoms with Gasteiger partial charge in [-0.1, -0.05) is 48.5 Å². The van der Waals surface area contributed by atoms with Crippen LogP contribution in [0, 0.1) is 13.8 Å². The van der Waals surface area contributed by atoms with E-state index in [2.05, 4.69) is 5.32 Å². The number of hydrogen-bond donors (Lipinski definition) is 1. The summed E-state index contributed by atoms with van der Waals surface area (Å²) in [6.07, 6.45) is -0.437. The second-order valence-corrected chi connectivity index (χ2v) is 6.23. The van der Waals surface area contributed by atoms with Crippen LogP contribution in [0.2, 0.25) is 0 Å². The second-order valence-electron chi connectivity index (χ2n) is 6.23. The molecule has 0 aromatic heterocycles. The number of esters is 1. The van der Waals surface area contributed by atoms with Crippen LogP contribution in [0.1, 0.15) is 28.4 Å². The molecular formula is C21H25NO4. The molecule has 0 aliphatic heterocycles. The van der Waals surface area contributed by atoms with Gasteiger partial charge in [-0.15, -0.1) is 0 Å². The molecule has 1 amide bonds. The summed E-state index contributed by atoms with van der Waals surface area (Å²) in [6, 6.07) is 14.3. The first-order valence-corrected chi connectivity index (χ1v) is 8.48. The van der Waals surface area contributed by atoms with Crippen molar-refractivity contribution in [1.29, 1.82) is 0 Å². The van der Waals surface area contributed by atoms with Gasteiger partial charge < -0.3 is 14.8 Å². The van der Waals surface area contributed by atoms with Crippen LogP contribution in [-0.2, 0) is 25.5 Å². The maximum Gasteiger partial charge on any atom is 0.328 e.